The maximum absolute atomic E-state index is 12.8. The first-order chi connectivity index (χ1) is 9.34. The Morgan fingerprint density at radius 1 is 1.30 bits per heavy atom. The molecule has 0 radical (unpaired) electrons. The quantitative estimate of drug-likeness (QED) is 0.911. The van der Waals surface area contributed by atoms with E-state index in [9.17, 15) is 8.42 Å². The molecular weight excluding hydrogens is 276 g/mol. The highest BCUT2D eigenvalue weighted by molar-refractivity contribution is 7.89. The van der Waals surface area contributed by atoms with Crippen molar-refractivity contribution < 1.29 is 13.2 Å². The van der Waals surface area contributed by atoms with Gasteiger partial charge >= 0.3 is 0 Å². The van der Waals surface area contributed by atoms with E-state index in [1.807, 2.05) is 26.0 Å². The number of rotatable bonds is 3. The molecule has 20 heavy (non-hydrogen) atoms. The largest absolute Gasteiger partial charge is 0.373 e. The maximum atomic E-state index is 12.8. The van der Waals surface area contributed by atoms with Crippen molar-refractivity contribution in [3.8, 4) is 0 Å². The Morgan fingerprint density at radius 2 is 1.90 bits per heavy atom. The highest BCUT2D eigenvalue weighted by atomic mass is 32.2. The highest BCUT2D eigenvalue weighted by Gasteiger charge is 2.33. The summed E-state index contributed by atoms with van der Waals surface area (Å²) in [6.07, 6.45) is -0.182. The van der Waals surface area contributed by atoms with Gasteiger partial charge in [-0.25, -0.2) is 8.42 Å². The van der Waals surface area contributed by atoms with E-state index >= 15 is 0 Å². The summed E-state index contributed by atoms with van der Waals surface area (Å²) in [6, 6.07) is 5.34. The van der Waals surface area contributed by atoms with Crippen LogP contribution in [0.15, 0.2) is 23.1 Å². The first-order valence-electron chi connectivity index (χ1n) is 6.79. The number of nitrogens with zero attached hydrogens (tertiary/aromatic N) is 1. The Morgan fingerprint density at radius 3 is 2.45 bits per heavy atom. The van der Waals surface area contributed by atoms with Crippen LogP contribution in [0, 0.1) is 6.92 Å². The van der Waals surface area contributed by atoms with Gasteiger partial charge in [-0.15, -0.1) is 0 Å². The van der Waals surface area contributed by atoms with E-state index in [0.29, 0.717) is 24.5 Å². The number of sulfonamides is 1. The third-order valence-electron chi connectivity index (χ3n) is 3.49. The Kier molecular flexibility index (Phi) is 4.49. The summed E-state index contributed by atoms with van der Waals surface area (Å²) in [6.45, 7) is 6.69. The van der Waals surface area contributed by atoms with Crippen molar-refractivity contribution >= 4 is 10.0 Å². The first kappa shape index (κ1) is 15.4. The van der Waals surface area contributed by atoms with Gasteiger partial charge in [-0.3, -0.25) is 0 Å². The van der Waals surface area contributed by atoms with Crippen molar-refractivity contribution in [2.24, 2.45) is 5.73 Å². The lowest BCUT2D eigenvalue weighted by Crippen LogP contribution is -2.48. The fourth-order valence-electron chi connectivity index (χ4n) is 2.52. The number of hydrogen-bond donors (Lipinski definition) is 1. The van der Waals surface area contributed by atoms with Gasteiger partial charge < -0.3 is 10.5 Å². The number of morpholine rings is 1. The van der Waals surface area contributed by atoms with E-state index in [4.69, 9.17) is 10.5 Å². The smallest absolute Gasteiger partial charge is 0.243 e. The Bertz CT molecular complexity index is 576. The predicted octanol–water partition coefficient (Wildman–Crippen LogP) is 1.25. The molecule has 0 spiro atoms. The van der Waals surface area contributed by atoms with Gasteiger partial charge in [0.25, 0.3) is 0 Å². The molecule has 1 heterocycles. The molecule has 2 rings (SSSR count). The summed E-state index contributed by atoms with van der Waals surface area (Å²) in [5.74, 6) is 0. The van der Waals surface area contributed by atoms with Crippen LogP contribution in [-0.4, -0.2) is 38.0 Å². The van der Waals surface area contributed by atoms with Crippen LogP contribution in [0.25, 0.3) is 0 Å². The van der Waals surface area contributed by atoms with E-state index in [2.05, 4.69) is 0 Å². The van der Waals surface area contributed by atoms with Crippen LogP contribution in [-0.2, 0) is 21.3 Å². The van der Waals surface area contributed by atoms with Crippen molar-refractivity contribution in [1.82, 2.24) is 4.31 Å². The molecule has 2 unspecified atom stereocenters. The average Bonchev–Trinajstić information content (AvgIpc) is 2.38. The molecule has 0 saturated carbocycles. The molecule has 0 bridgehead atoms. The minimum atomic E-state index is -3.49. The molecule has 2 N–H and O–H groups in total. The van der Waals surface area contributed by atoms with E-state index in [-0.39, 0.29) is 12.2 Å². The molecule has 1 fully saturated rings. The molecular formula is C14H22N2O3S. The van der Waals surface area contributed by atoms with Gasteiger partial charge in [0.15, 0.2) is 0 Å². The number of aryl methyl sites for hydroxylation is 1. The van der Waals surface area contributed by atoms with Gasteiger partial charge in [0.1, 0.15) is 0 Å². The van der Waals surface area contributed by atoms with Crippen molar-refractivity contribution in [1.29, 1.82) is 0 Å². The molecule has 0 aromatic heterocycles. The highest BCUT2D eigenvalue weighted by Crippen LogP contribution is 2.24. The first-order valence-corrected chi connectivity index (χ1v) is 8.23. The standard InChI is InChI=1S/C14H22N2O3S/c1-10-4-5-13(7-15)6-14(10)20(17,18)16-8-11(2)19-12(3)9-16/h4-6,11-12H,7-9,15H2,1-3H3. The molecule has 0 amide bonds. The van der Waals surface area contributed by atoms with E-state index in [1.165, 1.54) is 4.31 Å². The third kappa shape index (κ3) is 3.03. The zero-order valence-electron chi connectivity index (χ0n) is 12.2. The zero-order chi connectivity index (χ0) is 14.9. The van der Waals surface area contributed by atoms with Crippen LogP contribution in [0.1, 0.15) is 25.0 Å². The molecule has 1 aromatic rings. The van der Waals surface area contributed by atoms with Gasteiger partial charge in [0, 0.05) is 19.6 Å². The maximum Gasteiger partial charge on any atom is 0.243 e. The molecule has 1 aliphatic heterocycles. The number of hydrogen-bond acceptors (Lipinski definition) is 4. The summed E-state index contributed by atoms with van der Waals surface area (Å²) in [7, 11) is -3.49. The lowest BCUT2D eigenvalue weighted by molar-refractivity contribution is -0.0440. The normalized spacial score (nSPS) is 24.8. The monoisotopic (exact) mass is 298 g/mol. The van der Waals surface area contributed by atoms with Crippen molar-refractivity contribution in [3.63, 3.8) is 0 Å². The second kappa shape index (κ2) is 5.81. The van der Waals surface area contributed by atoms with E-state index in [1.54, 1.807) is 13.0 Å². The van der Waals surface area contributed by atoms with Crippen LogP contribution >= 0.6 is 0 Å². The molecule has 5 nitrogen and oxygen atoms in total. The van der Waals surface area contributed by atoms with Crippen LogP contribution < -0.4 is 5.73 Å². The van der Waals surface area contributed by atoms with Gasteiger partial charge in [0.05, 0.1) is 17.1 Å². The predicted molar refractivity (Wildman–Crippen MR) is 77.8 cm³/mol. The molecule has 1 aliphatic rings. The van der Waals surface area contributed by atoms with Gasteiger partial charge in [0.2, 0.25) is 10.0 Å². The average molecular weight is 298 g/mol. The van der Waals surface area contributed by atoms with Crippen LogP contribution in [0.5, 0.6) is 0 Å². The molecule has 112 valence electrons. The Labute approximate surface area is 120 Å². The number of benzene rings is 1. The molecule has 1 aromatic carbocycles. The molecule has 1 saturated heterocycles. The fraction of sp³-hybridized carbons (Fsp3) is 0.571. The summed E-state index contributed by atoms with van der Waals surface area (Å²) in [4.78, 5) is 0.349. The van der Waals surface area contributed by atoms with Crippen molar-refractivity contribution in [2.75, 3.05) is 13.1 Å². The van der Waals surface area contributed by atoms with Crippen LogP contribution in [0.4, 0.5) is 0 Å². The Balaban J connectivity index is 2.39. The van der Waals surface area contributed by atoms with Crippen LogP contribution in [0.3, 0.4) is 0 Å². The van der Waals surface area contributed by atoms with E-state index < -0.39 is 10.0 Å². The topological polar surface area (TPSA) is 72.6 Å². The minimum absolute atomic E-state index is 0.0912. The second-order valence-corrected chi connectivity index (χ2v) is 7.29. The minimum Gasteiger partial charge on any atom is -0.373 e. The number of nitrogens with two attached hydrogens (primary N) is 1. The SMILES string of the molecule is Cc1ccc(CN)cc1S(=O)(=O)N1CC(C)OC(C)C1. The van der Waals surface area contributed by atoms with Crippen LogP contribution in [0.2, 0.25) is 0 Å². The second-order valence-electron chi connectivity index (χ2n) is 5.38. The summed E-state index contributed by atoms with van der Waals surface area (Å²) in [5, 5.41) is 0. The van der Waals surface area contributed by atoms with Crippen molar-refractivity contribution in [2.45, 2.75) is 44.4 Å². The molecule has 0 aliphatic carbocycles. The third-order valence-corrected chi connectivity index (χ3v) is 5.47. The summed E-state index contributed by atoms with van der Waals surface area (Å²) >= 11 is 0. The van der Waals surface area contributed by atoms with Crippen molar-refractivity contribution in [3.05, 3.63) is 29.3 Å². The summed E-state index contributed by atoms with van der Waals surface area (Å²) < 4.78 is 32.7. The fourth-order valence-corrected chi connectivity index (χ4v) is 4.38. The van der Waals surface area contributed by atoms with Gasteiger partial charge in [-0.1, -0.05) is 12.1 Å². The lowest BCUT2D eigenvalue weighted by Gasteiger charge is -2.34. The van der Waals surface area contributed by atoms with Gasteiger partial charge in [-0.05, 0) is 38.0 Å². The molecule has 2 atom stereocenters. The molecule has 6 heteroatoms. The number of ether oxygens (including phenoxy) is 1. The van der Waals surface area contributed by atoms with E-state index in [0.717, 1.165) is 11.1 Å². The van der Waals surface area contributed by atoms with Gasteiger partial charge in [-0.2, -0.15) is 4.31 Å². The Hall–Kier alpha value is -0.950. The lowest BCUT2D eigenvalue weighted by atomic mass is 10.1. The zero-order valence-corrected chi connectivity index (χ0v) is 13.0. The summed E-state index contributed by atoms with van der Waals surface area (Å²) in [5.41, 5.74) is 7.17.